The van der Waals surface area contributed by atoms with Gasteiger partial charge in [0.15, 0.2) is 4.80 Å². The second-order valence-electron chi connectivity index (χ2n) is 8.97. The summed E-state index contributed by atoms with van der Waals surface area (Å²) in [6.45, 7) is 5.87. The Hall–Kier alpha value is -4.41. The molecule has 9 nitrogen and oxygen atoms in total. The smallest absolute Gasteiger partial charge is 0.338 e. The highest BCUT2D eigenvalue weighted by atomic mass is 35.5. The van der Waals surface area contributed by atoms with E-state index in [2.05, 4.69) is 4.99 Å². The number of carboxylic acid groups (broad SMARTS) is 1. The Morgan fingerprint density at radius 2 is 1.93 bits per heavy atom. The first kappa shape index (κ1) is 28.1. The van der Waals surface area contributed by atoms with E-state index in [1.165, 1.54) is 16.7 Å². The Morgan fingerprint density at radius 3 is 2.66 bits per heavy atom. The van der Waals surface area contributed by atoms with Crippen molar-refractivity contribution in [2.75, 3.05) is 13.2 Å². The number of ether oxygens (including phenoxy) is 2. The second kappa shape index (κ2) is 11.6. The number of benzene rings is 2. The van der Waals surface area contributed by atoms with Gasteiger partial charge < -0.3 is 19.0 Å². The highest BCUT2D eigenvalue weighted by molar-refractivity contribution is 7.07. The van der Waals surface area contributed by atoms with E-state index < -0.39 is 18.0 Å². The van der Waals surface area contributed by atoms with Gasteiger partial charge in [-0.3, -0.25) is 9.36 Å². The van der Waals surface area contributed by atoms with Gasteiger partial charge >= 0.3 is 11.9 Å². The minimum atomic E-state index is -1.15. The van der Waals surface area contributed by atoms with Gasteiger partial charge in [-0.15, -0.1) is 0 Å². The van der Waals surface area contributed by atoms with Crippen molar-refractivity contribution in [3.05, 3.63) is 107 Å². The fraction of sp³-hybridized carbons (Fsp3) is 0.200. The molecule has 0 bridgehead atoms. The number of esters is 1. The van der Waals surface area contributed by atoms with E-state index in [0.29, 0.717) is 50.0 Å². The van der Waals surface area contributed by atoms with Crippen molar-refractivity contribution in [1.82, 2.24) is 4.57 Å². The van der Waals surface area contributed by atoms with Crippen LogP contribution in [0.3, 0.4) is 0 Å². The highest BCUT2D eigenvalue weighted by Gasteiger charge is 2.35. The Labute approximate surface area is 243 Å². The second-order valence-corrected chi connectivity index (χ2v) is 10.4. The molecule has 0 aliphatic carbocycles. The molecule has 2 aromatic heterocycles. The number of thiazole rings is 1. The number of aromatic nitrogens is 1. The third-order valence-electron chi connectivity index (χ3n) is 6.41. The van der Waals surface area contributed by atoms with Crippen molar-refractivity contribution < 1.29 is 28.6 Å². The molecule has 41 heavy (non-hydrogen) atoms. The summed E-state index contributed by atoms with van der Waals surface area (Å²) in [6, 6.07) is 14.4. The number of carbonyl (C=O) groups is 2. The average Bonchev–Trinajstić information content (AvgIpc) is 3.53. The summed E-state index contributed by atoms with van der Waals surface area (Å²) in [4.78, 5) is 43.5. The van der Waals surface area contributed by atoms with Crippen molar-refractivity contribution in [2.24, 2.45) is 4.99 Å². The molecule has 3 heterocycles. The van der Waals surface area contributed by atoms with Crippen molar-refractivity contribution in [3.63, 3.8) is 0 Å². The Kier molecular flexibility index (Phi) is 7.96. The lowest BCUT2D eigenvalue weighted by atomic mass is 9.95. The molecular weight excluding hydrogens is 568 g/mol. The van der Waals surface area contributed by atoms with Crippen LogP contribution in [0.1, 0.15) is 48.5 Å². The van der Waals surface area contributed by atoms with Gasteiger partial charge in [0.25, 0.3) is 5.56 Å². The molecule has 0 saturated carbocycles. The first-order chi connectivity index (χ1) is 19.7. The number of para-hydroxylation sites is 1. The van der Waals surface area contributed by atoms with Crippen LogP contribution < -0.4 is 19.6 Å². The Morgan fingerprint density at radius 1 is 1.15 bits per heavy atom. The lowest BCUT2D eigenvalue weighted by molar-refractivity contribution is -0.139. The molecule has 1 aliphatic heterocycles. The van der Waals surface area contributed by atoms with E-state index in [1.54, 1.807) is 44.2 Å². The first-order valence-electron chi connectivity index (χ1n) is 12.8. The lowest BCUT2D eigenvalue weighted by Crippen LogP contribution is -2.40. The van der Waals surface area contributed by atoms with E-state index in [0.717, 1.165) is 11.3 Å². The maximum Gasteiger partial charge on any atom is 0.338 e. The number of hydrogen-bond donors (Lipinski definition) is 1. The van der Waals surface area contributed by atoms with Crippen LogP contribution in [-0.4, -0.2) is 34.8 Å². The van der Waals surface area contributed by atoms with Gasteiger partial charge in [0, 0.05) is 17.2 Å². The van der Waals surface area contributed by atoms with E-state index >= 15 is 0 Å². The van der Waals surface area contributed by atoms with E-state index in [1.807, 2.05) is 25.1 Å². The average molecular weight is 593 g/mol. The molecule has 0 fully saturated rings. The zero-order valence-electron chi connectivity index (χ0n) is 22.3. The molecule has 0 radical (unpaired) electrons. The van der Waals surface area contributed by atoms with Crippen molar-refractivity contribution in [3.8, 4) is 17.1 Å². The molecule has 0 saturated heterocycles. The fourth-order valence-corrected chi connectivity index (χ4v) is 5.86. The number of hydrogen-bond acceptors (Lipinski definition) is 8. The minimum absolute atomic E-state index is 0.0458. The monoisotopic (exact) mass is 592 g/mol. The van der Waals surface area contributed by atoms with Crippen LogP contribution in [0, 0.1) is 0 Å². The van der Waals surface area contributed by atoms with Gasteiger partial charge in [0.05, 0.1) is 39.6 Å². The van der Waals surface area contributed by atoms with Crippen LogP contribution in [0.2, 0.25) is 5.02 Å². The molecule has 1 atom stereocenters. The van der Waals surface area contributed by atoms with Crippen molar-refractivity contribution >= 4 is 41.0 Å². The van der Waals surface area contributed by atoms with Gasteiger partial charge in [0.2, 0.25) is 0 Å². The number of rotatable bonds is 8. The molecular formula is C30H25ClN2O7S. The standard InChI is InChI=1S/C30H25ClN2O7S/c1-4-38-23-9-7-6-8-19(23)26-25(29(37)39-5-2)16(3)32-30-33(26)27(34)24(41-30)15-18-11-13-22(40-18)17-10-12-21(31)20(14-17)28(35)36/h6-15,26H,4-5H2,1-3H3,(H,35,36). The zero-order chi connectivity index (χ0) is 29.3. The van der Waals surface area contributed by atoms with E-state index in [-0.39, 0.29) is 28.3 Å². The summed E-state index contributed by atoms with van der Waals surface area (Å²) >= 11 is 7.16. The first-order valence-corrected chi connectivity index (χ1v) is 14.0. The van der Waals surface area contributed by atoms with Crippen LogP contribution in [0.15, 0.2) is 80.1 Å². The number of carbonyl (C=O) groups excluding carboxylic acids is 1. The Bertz CT molecular complexity index is 1880. The molecule has 1 aliphatic rings. The molecule has 0 spiro atoms. The third-order valence-corrected chi connectivity index (χ3v) is 7.72. The topological polar surface area (TPSA) is 120 Å². The van der Waals surface area contributed by atoms with E-state index in [9.17, 15) is 19.5 Å². The van der Waals surface area contributed by atoms with Crippen molar-refractivity contribution in [1.29, 1.82) is 0 Å². The summed E-state index contributed by atoms with van der Waals surface area (Å²) in [6.07, 6.45) is 1.59. The summed E-state index contributed by atoms with van der Waals surface area (Å²) in [7, 11) is 0. The third kappa shape index (κ3) is 5.36. The van der Waals surface area contributed by atoms with Crippen LogP contribution in [-0.2, 0) is 9.53 Å². The van der Waals surface area contributed by atoms with Crippen LogP contribution in [0.4, 0.5) is 0 Å². The van der Waals surface area contributed by atoms with Crippen LogP contribution >= 0.6 is 22.9 Å². The maximum atomic E-state index is 13.9. The van der Waals surface area contributed by atoms with Gasteiger partial charge in [-0.2, -0.15) is 0 Å². The number of aromatic carboxylic acids is 1. The predicted octanol–water partition coefficient (Wildman–Crippen LogP) is 4.81. The summed E-state index contributed by atoms with van der Waals surface area (Å²) in [5, 5.41) is 9.51. The van der Waals surface area contributed by atoms with Crippen LogP contribution in [0.25, 0.3) is 17.4 Å². The van der Waals surface area contributed by atoms with Gasteiger partial charge in [-0.05, 0) is 57.2 Å². The molecule has 2 aromatic carbocycles. The van der Waals surface area contributed by atoms with Gasteiger partial charge in [-0.25, -0.2) is 14.6 Å². The number of fused-ring (bicyclic) bond motifs is 1. The van der Waals surface area contributed by atoms with E-state index in [4.69, 9.17) is 25.5 Å². The van der Waals surface area contributed by atoms with Gasteiger partial charge in [0.1, 0.15) is 23.3 Å². The number of nitrogens with zero attached hydrogens (tertiary/aromatic N) is 2. The lowest BCUT2D eigenvalue weighted by Gasteiger charge is -2.26. The molecule has 11 heteroatoms. The fourth-order valence-electron chi connectivity index (χ4n) is 4.64. The highest BCUT2D eigenvalue weighted by Crippen LogP contribution is 2.36. The summed E-state index contributed by atoms with van der Waals surface area (Å²) < 4.78 is 19.0. The number of allylic oxidation sites excluding steroid dienone is 1. The normalized spacial score (nSPS) is 14.9. The number of carboxylic acids is 1. The van der Waals surface area contributed by atoms with Crippen LogP contribution in [0.5, 0.6) is 5.75 Å². The molecule has 5 rings (SSSR count). The molecule has 1 N–H and O–H groups in total. The summed E-state index contributed by atoms with van der Waals surface area (Å²) in [5.74, 6) is -0.372. The SMILES string of the molecule is CCOC(=O)C1=C(C)N=c2sc(=Cc3ccc(-c4ccc(Cl)c(C(=O)O)c4)o3)c(=O)n2C1c1ccccc1OCC. The summed E-state index contributed by atoms with van der Waals surface area (Å²) in [5.41, 5.74) is 1.46. The van der Waals surface area contributed by atoms with Crippen molar-refractivity contribution in [2.45, 2.75) is 26.8 Å². The number of furan rings is 1. The Balaban J connectivity index is 1.64. The quantitative estimate of drug-likeness (QED) is 0.292. The zero-order valence-corrected chi connectivity index (χ0v) is 23.9. The minimum Gasteiger partial charge on any atom is -0.494 e. The molecule has 0 amide bonds. The molecule has 210 valence electrons. The molecule has 4 aromatic rings. The number of halogens is 1. The largest absolute Gasteiger partial charge is 0.494 e. The molecule has 1 unspecified atom stereocenters. The van der Waals surface area contributed by atoms with Gasteiger partial charge in [-0.1, -0.05) is 41.1 Å². The predicted molar refractivity (Wildman–Crippen MR) is 154 cm³/mol. The maximum absolute atomic E-state index is 13.9.